The van der Waals surface area contributed by atoms with Gasteiger partial charge < -0.3 is 5.32 Å². The molecule has 0 fully saturated rings. The van der Waals surface area contributed by atoms with Gasteiger partial charge in [-0.1, -0.05) is 18.7 Å². The summed E-state index contributed by atoms with van der Waals surface area (Å²) in [7, 11) is 0. The molecule has 0 radical (unpaired) electrons. The van der Waals surface area contributed by atoms with Crippen molar-refractivity contribution in [3.63, 3.8) is 0 Å². The summed E-state index contributed by atoms with van der Waals surface area (Å²) in [4.78, 5) is 4.24. The number of nitrogens with zero attached hydrogens (tertiary/aromatic N) is 1. The van der Waals surface area contributed by atoms with Gasteiger partial charge >= 0.3 is 0 Å². The predicted molar refractivity (Wildman–Crippen MR) is 53.4 cm³/mol. The van der Waals surface area contributed by atoms with Crippen LogP contribution < -0.4 is 5.32 Å². The predicted octanol–water partition coefficient (Wildman–Crippen LogP) is 1.67. The molecule has 0 saturated carbocycles. The SMILES string of the molecule is Br.CCCSC1=NCCN1. The van der Waals surface area contributed by atoms with Crippen LogP contribution in [-0.2, 0) is 0 Å². The van der Waals surface area contributed by atoms with Crippen molar-refractivity contribution >= 4 is 33.9 Å². The Balaban J connectivity index is 0.000000810. The second-order valence-corrected chi connectivity index (χ2v) is 3.05. The third-order valence-corrected chi connectivity index (χ3v) is 2.25. The van der Waals surface area contributed by atoms with E-state index >= 15 is 0 Å². The van der Waals surface area contributed by atoms with Crippen LogP contribution in [0.25, 0.3) is 0 Å². The molecule has 1 N–H and O–H groups in total. The van der Waals surface area contributed by atoms with Gasteiger partial charge in [0.15, 0.2) is 5.17 Å². The van der Waals surface area contributed by atoms with E-state index in [4.69, 9.17) is 0 Å². The van der Waals surface area contributed by atoms with Gasteiger partial charge in [-0.25, -0.2) is 0 Å². The van der Waals surface area contributed by atoms with E-state index in [0.29, 0.717) is 0 Å². The number of hydrogen-bond acceptors (Lipinski definition) is 3. The zero-order valence-electron chi connectivity index (χ0n) is 6.09. The molecule has 0 aliphatic carbocycles. The maximum atomic E-state index is 4.24. The fraction of sp³-hybridized carbons (Fsp3) is 0.833. The zero-order chi connectivity index (χ0) is 6.53. The molecule has 0 bridgehead atoms. The van der Waals surface area contributed by atoms with Gasteiger partial charge in [-0.2, -0.15) is 0 Å². The normalized spacial score (nSPS) is 15.5. The minimum atomic E-state index is 0. The second kappa shape index (κ2) is 6.04. The molecule has 10 heavy (non-hydrogen) atoms. The van der Waals surface area contributed by atoms with E-state index < -0.39 is 0 Å². The molecule has 1 aliphatic rings. The maximum Gasteiger partial charge on any atom is 0.156 e. The van der Waals surface area contributed by atoms with Gasteiger partial charge in [0.2, 0.25) is 0 Å². The van der Waals surface area contributed by atoms with Crippen LogP contribution in [0.15, 0.2) is 4.99 Å². The van der Waals surface area contributed by atoms with E-state index in [1.807, 2.05) is 11.8 Å². The number of rotatable bonds is 2. The van der Waals surface area contributed by atoms with Crippen LogP contribution in [0, 0.1) is 0 Å². The van der Waals surface area contributed by atoms with Gasteiger partial charge in [-0.05, 0) is 6.42 Å². The highest BCUT2D eigenvalue weighted by atomic mass is 79.9. The Morgan fingerprint density at radius 3 is 3.00 bits per heavy atom. The zero-order valence-corrected chi connectivity index (χ0v) is 8.62. The molecule has 0 aromatic heterocycles. The lowest BCUT2D eigenvalue weighted by molar-refractivity contribution is 0.963. The number of nitrogens with one attached hydrogen (secondary N) is 1. The Morgan fingerprint density at radius 1 is 1.70 bits per heavy atom. The summed E-state index contributed by atoms with van der Waals surface area (Å²) < 4.78 is 0. The Bertz CT molecular complexity index is 116. The summed E-state index contributed by atoms with van der Waals surface area (Å²) in [6.07, 6.45) is 1.23. The van der Waals surface area contributed by atoms with E-state index in [-0.39, 0.29) is 17.0 Å². The van der Waals surface area contributed by atoms with E-state index in [2.05, 4.69) is 17.2 Å². The van der Waals surface area contributed by atoms with E-state index in [9.17, 15) is 0 Å². The lowest BCUT2D eigenvalue weighted by atomic mass is 10.6. The molecule has 1 aliphatic heterocycles. The quantitative estimate of drug-likeness (QED) is 0.773. The fourth-order valence-electron chi connectivity index (χ4n) is 0.672. The number of halogens is 1. The fourth-order valence-corrected chi connectivity index (χ4v) is 1.46. The van der Waals surface area contributed by atoms with Gasteiger partial charge in [0.25, 0.3) is 0 Å². The minimum absolute atomic E-state index is 0. The molecule has 0 amide bonds. The van der Waals surface area contributed by atoms with Crippen LogP contribution in [0.1, 0.15) is 13.3 Å². The first kappa shape index (κ1) is 10.3. The maximum absolute atomic E-state index is 4.24. The minimum Gasteiger partial charge on any atom is -0.363 e. The highest BCUT2D eigenvalue weighted by molar-refractivity contribution is 8.93. The Kier molecular flexibility index (Phi) is 6.22. The molecule has 1 rings (SSSR count). The van der Waals surface area contributed by atoms with E-state index in [1.54, 1.807) is 0 Å². The van der Waals surface area contributed by atoms with Crippen molar-refractivity contribution in [3.05, 3.63) is 0 Å². The second-order valence-electron chi connectivity index (χ2n) is 1.96. The first-order chi connectivity index (χ1) is 4.43. The summed E-state index contributed by atoms with van der Waals surface area (Å²) in [5.74, 6) is 1.19. The summed E-state index contributed by atoms with van der Waals surface area (Å²) in [5.41, 5.74) is 0. The number of amidine groups is 1. The smallest absolute Gasteiger partial charge is 0.156 e. The number of thioether (sulfide) groups is 1. The lowest BCUT2D eigenvalue weighted by Gasteiger charge is -1.97. The topological polar surface area (TPSA) is 24.4 Å². The van der Waals surface area contributed by atoms with Crippen molar-refractivity contribution in [1.29, 1.82) is 0 Å². The number of aliphatic imine (C=N–C) groups is 1. The highest BCUT2D eigenvalue weighted by Gasteiger charge is 2.02. The van der Waals surface area contributed by atoms with Crippen molar-refractivity contribution in [2.75, 3.05) is 18.8 Å². The standard InChI is InChI=1S/C6H12N2S.BrH/c1-2-5-9-6-7-3-4-8-6;/h2-5H2,1H3,(H,7,8);1H. The molecule has 2 nitrogen and oxygen atoms in total. The molecule has 0 spiro atoms. The van der Waals surface area contributed by atoms with Crippen molar-refractivity contribution < 1.29 is 0 Å². The molecule has 0 unspecified atom stereocenters. The first-order valence-electron chi connectivity index (χ1n) is 3.34. The van der Waals surface area contributed by atoms with Gasteiger partial charge in [-0.3, -0.25) is 4.99 Å². The van der Waals surface area contributed by atoms with Crippen LogP contribution in [0.3, 0.4) is 0 Å². The van der Waals surface area contributed by atoms with Crippen LogP contribution in [0.4, 0.5) is 0 Å². The molecule has 4 heteroatoms. The Hall–Kier alpha value is 0.300. The molecular formula is C6H13BrN2S. The average Bonchev–Trinajstić information content (AvgIpc) is 2.34. The highest BCUT2D eigenvalue weighted by Crippen LogP contribution is 2.05. The largest absolute Gasteiger partial charge is 0.363 e. The molecule has 0 aromatic rings. The Morgan fingerprint density at radius 2 is 2.50 bits per heavy atom. The van der Waals surface area contributed by atoms with Gasteiger partial charge in [0.05, 0.1) is 6.54 Å². The summed E-state index contributed by atoms with van der Waals surface area (Å²) in [6, 6.07) is 0. The third kappa shape index (κ3) is 3.46. The summed E-state index contributed by atoms with van der Waals surface area (Å²) in [6.45, 7) is 4.18. The summed E-state index contributed by atoms with van der Waals surface area (Å²) >= 11 is 1.82. The van der Waals surface area contributed by atoms with E-state index in [1.165, 1.54) is 12.2 Å². The van der Waals surface area contributed by atoms with Crippen LogP contribution >= 0.6 is 28.7 Å². The molecular weight excluding hydrogens is 212 g/mol. The Labute approximate surface area is 76.6 Å². The van der Waals surface area contributed by atoms with Gasteiger partial charge in [-0.15, -0.1) is 17.0 Å². The van der Waals surface area contributed by atoms with Crippen molar-refractivity contribution in [2.24, 2.45) is 4.99 Å². The molecule has 60 valence electrons. The van der Waals surface area contributed by atoms with Crippen molar-refractivity contribution in [1.82, 2.24) is 5.32 Å². The van der Waals surface area contributed by atoms with Gasteiger partial charge in [0, 0.05) is 12.3 Å². The molecule has 0 saturated heterocycles. The third-order valence-electron chi connectivity index (χ3n) is 1.09. The summed E-state index contributed by atoms with van der Waals surface area (Å²) in [5, 5.41) is 4.34. The van der Waals surface area contributed by atoms with Crippen molar-refractivity contribution in [2.45, 2.75) is 13.3 Å². The molecule has 1 heterocycles. The first-order valence-corrected chi connectivity index (χ1v) is 4.33. The number of hydrogen-bond donors (Lipinski definition) is 1. The monoisotopic (exact) mass is 224 g/mol. The van der Waals surface area contributed by atoms with Gasteiger partial charge in [0.1, 0.15) is 0 Å². The average molecular weight is 225 g/mol. The molecule has 0 atom stereocenters. The van der Waals surface area contributed by atoms with Crippen LogP contribution in [-0.4, -0.2) is 24.0 Å². The van der Waals surface area contributed by atoms with Crippen LogP contribution in [0.5, 0.6) is 0 Å². The van der Waals surface area contributed by atoms with E-state index in [0.717, 1.165) is 18.3 Å². The lowest BCUT2D eigenvalue weighted by Crippen LogP contribution is -2.15. The van der Waals surface area contributed by atoms with Crippen LogP contribution in [0.2, 0.25) is 0 Å². The molecule has 0 aromatic carbocycles. The van der Waals surface area contributed by atoms with Crippen molar-refractivity contribution in [3.8, 4) is 0 Å².